The molecule has 2 unspecified atom stereocenters. The summed E-state index contributed by atoms with van der Waals surface area (Å²) in [7, 11) is 1.67. The zero-order chi connectivity index (χ0) is 13.7. The summed E-state index contributed by atoms with van der Waals surface area (Å²) in [6.45, 7) is 2.79. The molecule has 1 aliphatic heterocycles. The third kappa shape index (κ3) is 3.95. The topological polar surface area (TPSA) is 38.7 Å². The summed E-state index contributed by atoms with van der Waals surface area (Å²) in [4.78, 5) is 0. The van der Waals surface area contributed by atoms with Crippen LogP contribution in [0, 0.1) is 0 Å². The first-order valence-electron chi connectivity index (χ1n) is 7.12. The summed E-state index contributed by atoms with van der Waals surface area (Å²) < 4.78 is 10.8. The lowest BCUT2D eigenvalue weighted by Gasteiger charge is -2.36. The van der Waals surface area contributed by atoms with Gasteiger partial charge in [-0.05, 0) is 43.4 Å². The molecule has 2 atom stereocenters. The van der Waals surface area contributed by atoms with Gasteiger partial charge < -0.3 is 14.6 Å². The maximum absolute atomic E-state index is 10.6. The van der Waals surface area contributed by atoms with Crippen molar-refractivity contribution in [2.75, 3.05) is 13.7 Å². The second-order valence-electron chi connectivity index (χ2n) is 5.43. The molecule has 2 rings (SSSR count). The molecule has 1 fully saturated rings. The van der Waals surface area contributed by atoms with E-state index in [1.807, 2.05) is 12.1 Å². The molecule has 0 bridgehead atoms. The van der Waals surface area contributed by atoms with Crippen LogP contribution in [0.1, 0.15) is 38.2 Å². The molecule has 3 nitrogen and oxygen atoms in total. The Hall–Kier alpha value is -1.06. The van der Waals surface area contributed by atoms with Crippen molar-refractivity contribution in [1.29, 1.82) is 0 Å². The Morgan fingerprint density at radius 1 is 1.37 bits per heavy atom. The summed E-state index contributed by atoms with van der Waals surface area (Å²) in [6.07, 6.45) is 4.41. The van der Waals surface area contributed by atoms with E-state index in [0.717, 1.165) is 37.9 Å². The fourth-order valence-corrected chi connectivity index (χ4v) is 2.66. The molecule has 0 aliphatic carbocycles. The van der Waals surface area contributed by atoms with Gasteiger partial charge in [0.2, 0.25) is 0 Å². The highest BCUT2D eigenvalue weighted by Crippen LogP contribution is 2.30. The fraction of sp³-hybridized carbons (Fsp3) is 0.625. The van der Waals surface area contributed by atoms with Gasteiger partial charge in [-0.25, -0.2) is 0 Å². The van der Waals surface area contributed by atoms with E-state index in [1.54, 1.807) is 7.11 Å². The second kappa shape index (κ2) is 6.40. The van der Waals surface area contributed by atoms with E-state index in [1.165, 1.54) is 5.56 Å². The SMILES string of the molecule is CCC1CC(O)(CCc2ccc(OC)cc2)CCO1. The summed E-state index contributed by atoms with van der Waals surface area (Å²) >= 11 is 0. The molecule has 3 heteroatoms. The molecule has 0 amide bonds. The zero-order valence-corrected chi connectivity index (χ0v) is 11.9. The Bertz CT molecular complexity index is 387. The number of rotatable bonds is 5. The van der Waals surface area contributed by atoms with E-state index >= 15 is 0 Å². The lowest BCUT2D eigenvalue weighted by molar-refractivity contribution is -0.107. The van der Waals surface area contributed by atoms with Crippen molar-refractivity contribution in [3.63, 3.8) is 0 Å². The van der Waals surface area contributed by atoms with Crippen LogP contribution in [0.2, 0.25) is 0 Å². The van der Waals surface area contributed by atoms with Crippen LogP contribution >= 0.6 is 0 Å². The van der Waals surface area contributed by atoms with Gasteiger partial charge in [-0.3, -0.25) is 0 Å². The minimum atomic E-state index is -0.557. The van der Waals surface area contributed by atoms with Crippen molar-refractivity contribution in [1.82, 2.24) is 0 Å². The molecule has 106 valence electrons. The molecular weight excluding hydrogens is 240 g/mol. The van der Waals surface area contributed by atoms with E-state index in [9.17, 15) is 5.11 Å². The summed E-state index contributed by atoms with van der Waals surface area (Å²) in [5.41, 5.74) is 0.688. The van der Waals surface area contributed by atoms with Crippen molar-refractivity contribution in [3.8, 4) is 5.75 Å². The van der Waals surface area contributed by atoms with Crippen LogP contribution in [-0.4, -0.2) is 30.5 Å². The average Bonchev–Trinajstić information content (AvgIpc) is 2.46. The second-order valence-corrected chi connectivity index (χ2v) is 5.43. The van der Waals surface area contributed by atoms with Crippen molar-refractivity contribution < 1.29 is 14.6 Å². The first kappa shape index (κ1) is 14.4. The highest BCUT2D eigenvalue weighted by molar-refractivity contribution is 5.27. The summed E-state index contributed by atoms with van der Waals surface area (Å²) in [5, 5.41) is 10.6. The standard InChI is InChI=1S/C16H24O3/c1-3-14-12-16(17,10-11-19-14)9-8-13-4-6-15(18-2)7-5-13/h4-7,14,17H,3,8-12H2,1-2H3. The molecule has 0 spiro atoms. The van der Waals surface area contributed by atoms with Crippen LogP contribution < -0.4 is 4.74 Å². The number of aryl methyl sites for hydroxylation is 1. The van der Waals surface area contributed by atoms with E-state index in [4.69, 9.17) is 9.47 Å². The van der Waals surface area contributed by atoms with Gasteiger partial charge >= 0.3 is 0 Å². The van der Waals surface area contributed by atoms with Crippen LogP contribution in [0.25, 0.3) is 0 Å². The molecule has 19 heavy (non-hydrogen) atoms. The number of methoxy groups -OCH3 is 1. The summed E-state index contributed by atoms with van der Waals surface area (Å²) in [5.74, 6) is 0.875. The number of benzene rings is 1. The molecule has 0 saturated carbocycles. The first-order valence-corrected chi connectivity index (χ1v) is 7.12. The smallest absolute Gasteiger partial charge is 0.118 e. The molecular formula is C16H24O3. The van der Waals surface area contributed by atoms with Gasteiger partial charge in [0.15, 0.2) is 0 Å². The van der Waals surface area contributed by atoms with Gasteiger partial charge in [0.1, 0.15) is 5.75 Å². The third-order valence-corrected chi connectivity index (χ3v) is 4.02. The Labute approximate surface area is 115 Å². The molecule has 0 radical (unpaired) electrons. The third-order valence-electron chi connectivity index (χ3n) is 4.02. The monoisotopic (exact) mass is 264 g/mol. The van der Waals surface area contributed by atoms with Gasteiger partial charge in [0.05, 0.1) is 18.8 Å². The largest absolute Gasteiger partial charge is 0.497 e. The van der Waals surface area contributed by atoms with E-state index in [0.29, 0.717) is 6.61 Å². The van der Waals surface area contributed by atoms with E-state index in [-0.39, 0.29) is 6.10 Å². The predicted molar refractivity (Wildman–Crippen MR) is 75.5 cm³/mol. The van der Waals surface area contributed by atoms with Crippen molar-refractivity contribution >= 4 is 0 Å². The average molecular weight is 264 g/mol. The van der Waals surface area contributed by atoms with E-state index in [2.05, 4.69) is 19.1 Å². The van der Waals surface area contributed by atoms with Crippen LogP contribution in [0.3, 0.4) is 0 Å². The van der Waals surface area contributed by atoms with Gasteiger partial charge in [-0.2, -0.15) is 0 Å². The minimum absolute atomic E-state index is 0.217. The fourth-order valence-electron chi connectivity index (χ4n) is 2.66. The van der Waals surface area contributed by atoms with Gasteiger partial charge in [-0.15, -0.1) is 0 Å². The molecule has 1 aromatic carbocycles. The van der Waals surface area contributed by atoms with Crippen LogP contribution in [0.5, 0.6) is 5.75 Å². The van der Waals surface area contributed by atoms with E-state index < -0.39 is 5.60 Å². The number of aliphatic hydroxyl groups is 1. The highest BCUT2D eigenvalue weighted by atomic mass is 16.5. The van der Waals surface area contributed by atoms with Crippen molar-refractivity contribution in [3.05, 3.63) is 29.8 Å². The summed E-state index contributed by atoms with van der Waals surface area (Å²) in [6, 6.07) is 8.08. The zero-order valence-electron chi connectivity index (χ0n) is 11.9. The Morgan fingerprint density at radius 3 is 2.74 bits per heavy atom. The number of ether oxygens (including phenoxy) is 2. The first-order chi connectivity index (χ1) is 9.15. The lowest BCUT2D eigenvalue weighted by atomic mass is 9.84. The Kier molecular flexibility index (Phi) is 4.83. The molecule has 1 N–H and O–H groups in total. The van der Waals surface area contributed by atoms with Crippen LogP contribution in [0.4, 0.5) is 0 Å². The van der Waals surface area contributed by atoms with Crippen LogP contribution in [0.15, 0.2) is 24.3 Å². The minimum Gasteiger partial charge on any atom is -0.497 e. The molecule has 0 aromatic heterocycles. The number of hydrogen-bond donors (Lipinski definition) is 1. The molecule has 1 saturated heterocycles. The number of hydrogen-bond acceptors (Lipinski definition) is 3. The molecule has 1 aromatic rings. The van der Waals surface area contributed by atoms with Crippen molar-refractivity contribution in [2.45, 2.75) is 50.7 Å². The molecule has 1 heterocycles. The predicted octanol–water partition coefficient (Wildman–Crippen LogP) is 2.95. The molecule has 1 aliphatic rings. The Morgan fingerprint density at radius 2 is 2.11 bits per heavy atom. The van der Waals surface area contributed by atoms with Crippen LogP contribution in [-0.2, 0) is 11.2 Å². The lowest BCUT2D eigenvalue weighted by Crippen LogP contribution is -2.40. The van der Waals surface area contributed by atoms with Gasteiger partial charge in [0, 0.05) is 13.0 Å². The maximum atomic E-state index is 10.6. The van der Waals surface area contributed by atoms with Crippen molar-refractivity contribution in [2.24, 2.45) is 0 Å². The van der Waals surface area contributed by atoms with Gasteiger partial charge in [-0.1, -0.05) is 19.1 Å². The highest BCUT2D eigenvalue weighted by Gasteiger charge is 2.33. The maximum Gasteiger partial charge on any atom is 0.118 e. The van der Waals surface area contributed by atoms with Gasteiger partial charge in [0.25, 0.3) is 0 Å². The quantitative estimate of drug-likeness (QED) is 0.888. The normalized spacial score (nSPS) is 27.2. The Balaban J connectivity index is 1.89.